The first-order valence-corrected chi connectivity index (χ1v) is 6.58. The first-order chi connectivity index (χ1) is 8.74. The summed E-state index contributed by atoms with van der Waals surface area (Å²) in [6, 6.07) is 10.2. The Morgan fingerprint density at radius 3 is 2.83 bits per heavy atom. The summed E-state index contributed by atoms with van der Waals surface area (Å²) in [6.45, 7) is 6.12. The molecule has 0 saturated carbocycles. The van der Waals surface area contributed by atoms with Gasteiger partial charge in [0.1, 0.15) is 17.4 Å². The van der Waals surface area contributed by atoms with Gasteiger partial charge in [0, 0.05) is 18.5 Å². The molecule has 1 aromatic carbocycles. The molecule has 1 aliphatic rings. The van der Waals surface area contributed by atoms with Gasteiger partial charge < -0.3 is 14.5 Å². The molecule has 1 aromatic heterocycles. The van der Waals surface area contributed by atoms with Gasteiger partial charge in [-0.15, -0.1) is 0 Å². The second kappa shape index (κ2) is 4.75. The molecule has 3 rings (SSSR count). The molecule has 2 heterocycles. The van der Waals surface area contributed by atoms with Crippen molar-refractivity contribution in [1.29, 1.82) is 0 Å². The molecule has 18 heavy (non-hydrogen) atoms. The van der Waals surface area contributed by atoms with E-state index in [9.17, 15) is 0 Å². The number of ether oxygens (including phenoxy) is 1. The molecule has 2 aromatic rings. The molecule has 2 unspecified atom stereocenters. The second-order valence-electron chi connectivity index (χ2n) is 5.25. The Hall–Kier alpha value is -1.32. The van der Waals surface area contributed by atoms with Crippen molar-refractivity contribution < 1.29 is 9.15 Å². The van der Waals surface area contributed by atoms with Crippen molar-refractivity contribution in [2.75, 3.05) is 13.1 Å². The minimum absolute atomic E-state index is 0.0264. The van der Waals surface area contributed by atoms with Gasteiger partial charge in [-0.25, -0.2) is 0 Å². The van der Waals surface area contributed by atoms with Crippen molar-refractivity contribution in [3.63, 3.8) is 0 Å². The molecule has 2 atom stereocenters. The largest absolute Gasteiger partial charge is 0.458 e. The van der Waals surface area contributed by atoms with Crippen molar-refractivity contribution >= 4 is 11.0 Å². The summed E-state index contributed by atoms with van der Waals surface area (Å²) in [4.78, 5) is 0. The van der Waals surface area contributed by atoms with Crippen molar-refractivity contribution in [1.82, 2.24) is 5.32 Å². The van der Waals surface area contributed by atoms with Crippen LogP contribution < -0.4 is 5.32 Å². The van der Waals surface area contributed by atoms with E-state index in [-0.39, 0.29) is 12.2 Å². The van der Waals surface area contributed by atoms with Crippen molar-refractivity contribution in [3.05, 3.63) is 36.1 Å². The zero-order valence-corrected chi connectivity index (χ0v) is 10.8. The average Bonchev–Trinajstić information content (AvgIpc) is 2.82. The third-order valence-electron chi connectivity index (χ3n) is 3.52. The van der Waals surface area contributed by atoms with Crippen LogP contribution in [0.2, 0.25) is 0 Å². The van der Waals surface area contributed by atoms with Crippen LogP contribution in [0, 0.1) is 5.92 Å². The molecule has 0 bridgehead atoms. The first kappa shape index (κ1) is 11.8. The standard InChI is InChI=1S/C15H19NO2/c1-10(2)14-8-16-9-15(18-14)13-7-11-5-3-4-6-12(11)17-13/h3-7,10,14-16H,8-9H2,1-2H3. The van der Waals surface area contributed by atoms with Crippen LogP contribution >= 0.6 is 0 Å². The number of morpholine rings is 1. The molecule has 3 heteroatoms. The number of rotatable bonds is 2. The highest BCUT2D eigenvalue weighted by Crippen LogP contribution is 2.29. The van der Waals surface area contributed by atoms with Crippen LogP contribution in [0.1, 0.15) is 25.7 Å². The Bertz CT molecular complexity index is 499. The van der Waals surface area contributed by atoms with Crippen LogP contribution in [-0.2, 0) is 4.74 Å². The predicted octanol–water partition coefficient (Wildman–Crippen LogP) is 3.12. The molecule has 3 nitrogen and oxygen atoms in total. The number of nitrogens with one attached hydrogen (secondary N) is 1. The maximum Gasteiger partial charge on any atom is 0.135 e. The maximum absolute atomic E-state index is 6.11. The van der Waals surface area contributed by atoms with Gasteiger partial charge >= 0.3 is 0 Å². The fourth-order valence-corrected chi connectivity index (χ4v) is 2.39. The highest BCUT2D eigenvalue weighted by molar-refractivity contribution is 5.77. The van der Waals surface area contributed by atoms with Crippen LogP contribution in [-0.4, -0.2) is 19.2 Å². The van der Waals surface area contributed by atoms with Gasteiger partial charge in [0.25, 0.3) is 0 Å². The van der Waals surface area contributed by atoms with E-state index in [4.69, 9.17) is 9.15 Å². The Balaban J connectivity index is 1.85. The van der Waals surface area contributed by atoms with Gasteiger partial charge in [0.15, 0.2) is 0 Å². The molecule has 1 aliphatic heterocycles. The lowest BCUT2D eigenvalue weighted by atomic mass is 10.0. The highest BCUT2D eigenvalue weighted by atomic mass is 16.5. The van der Waals surface area contributed by atoms with E-state index in [1.54, 1.807) is 0 Å². The number of para-hydroxylation sites is 1. The summed E-state index contributed by atoms with van der Waals surface area (Å²) < 4.78 is 12.0. The number of furan rings is 1. The van der Waals surface area contributed by atoms with Crippen molar-refractivity contribution in [3.8, 4) is 0 Å². The minimum Gasteiger partial charge on any atom is -0.458 e. The van der Waals surface area contributed by atoms with Crippen molar-refractivity contribution in [2.45, 2.75) is 26.1 Å². The Kier molecular flexibility index (Phi) is 3.10. The lowest BCUT2D eigenvalue weighted by Crippen LogP contribution is -2.42. The van der Waals surface area contributed by atoms with Gasteiger partial charge in [0.05, 0.1) is 6.10 Å². The lowest BCUT2D eigenvalue weighted by molar-refractivity contribution is -0.0682. The van der Waals surface area contributed by atoms with E-state index >= 15 is 0 Å². The molecule has 1 N–H and O–H groups in total. The van der Waals surface area contributed by atoms with E-state index in [0.29, 0.717) is 5.92 Å². The normalized spacial score (nSPS) is 24.8. The van der Waals surface area contributed by atoms with Crippen LogP contribution in [0.25, 0.3) is 11.0 Å². The first-order valence-electron chi connectivity index (χ1n) is 6.58. The van der Waals surface area contributed by atoms with Gasteiger partial charge in [-0.05, 0) is 18.1 Å². The zero-order chi connectivity index (χ0) is 12.5. The van der Waals surface area contributed by atoms with E-state index in [2.05, 4.69) is 31.3 Å². The number of hydrogen-bond donors (Lipinski definition) is 1. The van der Waals surface area contributed by atoms with Gasteiger partial charge in [-0.1, -0.05) is 32.0 Å². The third kappa shape index (κ3) is 2.16. The molecule has 0 spiro atoms. The van der Waals surface area contributed by atoms with E-state index in [0.717, 1.165) is 29.8 Å². The van der Waals surface area contributed by atoms with Crippen LogP contribution in [0.15, 0.2) is 34.7 Å². The summed E-state index contributed by atoms with van der Waals surface area (Å²) in [6.07, 6.45) is 0.288. The topological polar surface area (TPSA) is 34.4 Å². The summed E-state index contributed by atoms with van der Waals surface area (Å²) in [5.41, 5.74) is 0.933. The average molecular weight is 245 g/mol. The van der Waals surface area contributed by atoms with Crippen LogP contribution in [0.4, 0.5) is 0 Å². The highest BCUT2D eigenvalue weighted by Gasteiger charge is 2.27. The molecule has 1 saturated heterocycles. The fourth-order valence-electron chi connectivity index (χ4n) is 2.39. The molecule has 0 radical (unpaired) electrons. The molecular formula is C15H19NO2. The number of hydrogen-bond acceptors (Lipinski definition) is 3. The molecule has 96 valence electrons. The lowest BCUT2D eigenvalue weighted by Gasteiger charge is -2.32. The Morgan fingerprint density at radius 2 is 2.06 bits per heavy atom. The van der Waals surface area contributed by atoms with E-state index in [1.807, 2.05) is 18.2 Å². The minimum atomic E-state index is 0.0264. The third-order valence-corrected chi connectivity index (χ3v) is 3.52. The van der Waals surface area contributed by atoms with E-state index in [1.165, 1.54) is 0 Å². The Morgan fingerprint density at radius 1 is 1.22 bits per heavy atom. The number of fused-ring (bicyclic) bond motifs is 1. The molecule has 0 amide bonds. The quantitative estimate of drug-likeness (QED) is 0.882. The van der Waals surface area contributed by atoms with Crippen molar-refractivity contribution in [2.24, 2.45) is 5.92 Å². The monoisotopic (exact) mass is 245 g/mol. The Labute approximate surface area is 107 Å². The van der Waals surface area contributed by atoms with E-state index < -0.39 is 0 Å². The predicted molar refractivity (Wildman–Crippen MR) is 71.5 cm³/mol. The summed E-state index contributed by atoms with van der Waals surface area (Å²) in [7, 11) is 0. The molecule has 1 fully saturated rings. The SMILES string of the molecule is CC(C)C1CNCC(c2cc3ccccc3o2)O1. The van der Waals surface area contributed by atoms with Gasteiger partial charge in [0.2, 0.25) is 0 Å². The smallest absolute Gasteiger partial charge is 0.135 e. The summed E-state index contributed by atoms with van der Waals surface area (Å²) >= 11 is 0. The van der Waals surface area contributed by atoms with Gasteiger partial charge in [-0.2, -0.15) is 0 Å². The zero-order valence-electron chi connectivity index (χ0n) is 10.8. The summed E-state index contributed by atoms with van der Waals surface area (Å²) in [5.74, 6) is 1.44. The second-order valence-corrected chi connectivity index (χ2v) is 5.25. The molecule has 0 aliphatic carbocycles. The number of benzene rings is 1. The van der Waals surface area contributed by atoms with Crippen LogP contribution in [0.5, 0.6) is 0 Å². The van der Waals surface area contributed by atoms with Crippen LogP contribution in [0.3, 0.4) is 0 Å². The summed E-state index contributed by atoms with van der Waals surface area (Å²) in [5, 5.41) is 4.57. The maximum atomic E-state index is 6.11. The van der Waals surface area contributed by atoms with Gasteiger partial charge in [-0.3, -0.25) is 0 Å². The fraction of sp³-hybridized carbons (Fsp3) is 0.467. The molecular weight excluding hydrogens is 226 g/mol.